The zero-order chi connectivity index (χ0) is 13.1. The largest absolute Gasteiger partial charge is 0.465 e. The third-order valence-corrected chi connectivity index (χ3v) is 3.57. The van der Waals surface area contributed by atoms with Gasteiger partial charge in [0.05, 0.1) is 33.0 Å². The topological polar surface area (TPSA) is 54.0 Å². The van der Waals surface area contributed by atoms with Crippen LogP contribution in [0, 0.1) is 5.41 Å². The summed E-state index contributed by atoms with van der Waals surface area (Å²) in [6.45, 7) is 7.60. The molecule has 0 radical (unpaired) electrons. The van der Waals surface area contributed by atoms with E-state index >= 15 is 0 Å². The Morgan fingerprint density at radius 2 is 2.11 bits per heavy atom. The van der Waals surface area contributed by atoms with Crippen molar-refractivity contribution in [3.05, 3.63) is 12.7 Å². The van der Waals surface area contributed by atoms with Gasteiger partial charge in [0.1, 0.15) is 5.41 Å². The van der Waals surface area contributed by atoms with Gasteiger partial charge in [0, 0.05) is 6.42 Å². The van der Waals surface area contributed by atoms with Gasteiger partial charge in [-0.25, -0.2) is 0 Å². The highest BCUT2D eigenvalue weighted by Gasteiger charge is 2.62. The van der Waals surface area contributed by atoms with Crippen molar-refractivity contribution in [1.29, 1.82) is 0 Å². The van der Waals surface area contributed by atoms with Gasteiger partial charge >= 0.3 is 5.97 Å². The minimum Gasteiger partial charge on any atom is -0.465 e. The lowest BCUT2D eigenvalue weighted by Gasteiger charge is -2.46. The number of allylic oxidation sites excluding steroid dienone is 1. The lowest BCUT2D eigenvalue weighted by molar-refractivity contribution is -0.282. The summed E-state index contributed by atoms with van der Waals surface area (Å²) in [6, 6.07) is 0. The molecule has 1 spiro atoms. The van der Waals surface area contributed by atoms with Crippen LogP contribution in [0.2, 0.25) is 0 Å². The lowest BCUT2D eigenvalue weighted by Crippen LogP contribution is -2.60. The highest BCUT2D eigenvalue weighted by molar-refractivity contribution is 5.79. The Kier molecular flexibility index (Phi) is 4.04. The molecule has 0 aromatic rings. The molecule has 2 heterocycles. The molecule has 0 saturated carbocycles. The van der Waals surface area contributed by atoms with Crippen LogP contribution in [0.25, 0.3) is 0 Å². The SMILES string of the molecule is C=CC[C@]1(C(=O)OCC)COCCC12OCCO2. The third kappa shape index (κ3) is 1.96. The molecule has 0 aliphatic carbocycles. The number of carbonyl (C=O) groups is 1. The Balaban J connectivity index is 2.34. The number of hydrogen-bond acceptors (Lipinski definition) is 5. The molecule has 0 bridgehead atoms. The van der Waals surface area contributed by atoms with Gasteiger partial charge in [-0.3, -0.25) is 4.79 Å². The average Bonchev–Trinajstić information content (AvgIpc) is 2.83. The van der Waals surface area contributed by atoms with E-state index in [0.717, 1.165) is 0 Å². The summed E-state index contributed by atoms with van der Waals surface area (Å²) in [6.07, 6.45) is 2.66. The van der Waals surface area contributed by atoms with Gasteiger partial charge in [-0.05, 0) is 13.3 Å². The highest BCUT2D eigenvalue weighted by Crippen LogP contribution is 2.47. The van der Waals surface area contributed by atoms with E-state index in [-0.39, 0.29) is 12.6 Å². The first-order valence-electron chi connectivity index (χ1n) is 6.34. The Bertz CT molecular complexity index is 321. The predicted molar refractivity (Wildman–Crippen MR) is 64.0 cm³/mol. The Hall–Kier alpha value is -0.910. The van der Waals surface area contributed by atoms with Crippen molar-refractivity contribution in [2.45, 2.75) is 25.6 Å². The van der Waals surface area contributed by atoms with Gasteiger partial charge in [0.15, 0.2) is 5.79 Å². The molecule has 2 aliphatic rings. The number of ether oxygens (including phenoxy) is 4. The molecule has 0 unspecified atom stereocenters. The first-order chi connectivity index (χ1) is 8.71. The van der Waals surface area contributed by atoms with Crippen molar-refractivity contribution in [3.8, 4) is 0 Å². The van der Waals surface area contributed by atoms with Gasteiger partial charge in [-0.2, -0.15) is 0 Å². The number of rotatable bonds is 4. The molecule has 5 nitrogen and oxygen atoms in total. The number of hydrogen-bond donors (Lipinski definition) is 0. The molecule has 0 N–H and O–H groups in total. The summed E-state index contributed by atoms with van der Waals surface area (Å²) in [5, 5.41) is 0. The van der Waals surface area contributed by atoms with Gasteiger partial charge in [-0.15, -0.1) is 6.58 Å². The van der Waals surface area contributed by atoms with Crippen LogP contribution >= 0.6 is 0 Å². The first-order valence-corrected chi connectivity index (χ1v) is 6.34. The maximum absolute atomic E-state index is 12.4. The van der Waals surface area contributed by atoms with E-state index in [0.29, 0.717) is 39.3 Å². The van der Waals surface area contributed by atoms with E-state index in [1.54, 1.807) is 13.0 Å². The van der Waals surface area contributed by atoms with Crippen LogP contribution in [-0.2, 0) is 23.7 Å². The standard InChI is InChI=1S/C13H20O5/c1-3-5-12(11(14)16-4-2)10-15-7-6-13(12)17-8-9-18-13/h3H,1,4-10H2,2H3/t12-/m1/s1. The molecule has 18 heavy (non-hydrogen) atoms. The quantitative estimate of drug-likeness (QED) is 0.560. The molecule has 2 rings (SSSR count). The van der Waals surface area contributed by atoms with Gasteiger partial charge in [0.25, 0.3) is 0 Å². The molecule has 2 saturated heterocycles. The van der Waals surface area contributed by atoms with Crippen LogP contribution < -0.4 is 0 Å². The van der Waals surface area contributed by atoms with Crippen LogP contribution in [0.5, 0.6) is 0 Å². The monoisotopic (exact) mass is 256 g/mol. The minimum absolute atomic E-state index is 0.248. The summed E-state index contributed by atoms with van der Waals surface area (Å²) < 4.78 is 22.2. The van der Waals surface area contributed by atoms with E-state index in [2.05, 4.69) is 6.58 Å². The fraction of sp³-hybridized carbons (Fsp3) is 0.769. The van der Waals surface area contributed by atoms with Gasteiger partial charge < -0.3 is 18.9 Å². The zero-order valence-corrected chi connectivity index (χ0v) is 10.8. The number of carbonyl (C=O) groups excluding carboxylic acids is 1. The summed E-state index contributed by atoms with van der Waals surface area (Å²) in [5.74, 6) is -1.24. The summed E-state index contributed by atoms with van der Waals surface area (Å²) in [5.41, 5.74) is -0.931. The molecule has 5 heteroatoms. The molecule has 2 fully saturated rings. The van der Waals surface area contributed by atoms with Crippen LogP contribution in [0.3, 0.4) is 0 Å². The second kappa shape index (κ2) is 5.38. The Morgan fingerprint density at radius 3 is 2.72 bits per heavy atom. The van der Waals surface area contributed by atoms with Gasteiger partial charge in [0.2, 0.25) is 0 Å². The molecule has 0 amide bonds. The third-order valence-electron chi connectivity index (χ3n) is 3.57. The molecule has 0 aromatic carbocycles. The molecular formula is C13H20O5. The van der Waals surface area contributed by atoms with Gasteiger partial charge in [-0.1, -0.05) is 6.08 Å². The van der Waals surface area contributed by atoms with E-state index in [9.17, 15) is 4.79 Å². The summed E-state index contributed by atoms with van der Waals surface area (Å²) in [4.78, 5) is 12.4. The average molecular weight is 256 g/mol. The van der Waals surface area contributed by atoms with Crippen molar-refractivity contribution in [1.82, 2.24) is 0 Å². The molecule has 2 aliphatic heterocycles. The Morgan fingerprint density at radius 1 is 1.39 bits per heavy atom. The van der Waals surface area contributed by atoms with Crippen molar-refractivity contribution >= 4 is 5.97 Å². The summed E-state index contributed by atoms with van der Waals surface area (Å²) >= 11 is 0. The Labute approximate surface area is 107 Å². The predicted octanol–water partition coefficient (Wildman–Crippen LogP) is 1.28. The fourth-order valence-electron chi connectivity index (χ4n) is 2.71. The second-order valence-corrected chi connectivity index (χ2v) is 4.55. The van der Waals surface area contributed by atoms with Crippen molar-refractivity contribution in [2.75, 3.05) is 33.0 Å². The van der Waals surface area contributed by atoms with Crippen molar-refractivity contribution in [2.24, 2.45) is 5.41 Å². The van der Waals surface area contributed by atoms with Crippen LogP contribution in [-0.4, -0.2) is 44.8 Å². The van der Waals surface area contributed by atoms with E-state index in [1.165, 1.54) is 0 Å². The fourth-order valence-corrected chi connectivity index (χ4v) is 2.71. The zero-order valence-electron chi connectivity index (χ0n) is 10.8. The van der Waals surface area contributed by atoms with Crippen LogP contribution in [0.4, 0.5) is 0 Å². The first kappa shape index (κ1) is 13.5. The van der Waals surface area contributed by atoms with E-state index in [1.807, 2.05) is 0 Å². The van der Waals surface area contributed by atoms with E-state index < -0.39 is 11.2 Å². The maximum Gasteiger partial charge on any atom is 0.320 e. The molecule has 1 atom stereocenters. The number of esters is 1. The van der Waals surface area contributed by atoms with Crippen molar-refractivity contribution < 1.29 is 23.7 Å². The maximum atomic E-state index is 12.4. The lowest BCUT2D eigenvalue weighted by atomic mass is 9.73. The van der Waals surface area contributed by atoms with E-state index in [4.69, 9.17) is 18.9 Å². The van der Waals surface area contributed by atoms with Crippen LogP contribution in [0.1, 0.15) is 19.8 Å². The second-order valence-electron chi connectivity index (χ2n) is 4.55. The van der Waals surface area contributed by atoms with Crippen molar-refractivity contribution in [3.63, 3.8) is 0 Å². The normalized spacial score (nSPS) is 30.3. The smallest absolute Gasteiger partial charge is 0.320 e. The molecular weight excluding hydrogens is 236 g/mol. The minimum atomic E-state index is -0.931. The summed E-state index contributed by atoms with van der Waals surface area (Å²) in [7, 11) is 0. The molecule has 0 aromatic heterocycles. The molecule has 102 valence electrons. The van der Waals surface area contributed by atoms with Crippen LogP contribution in [0.15, 0.2) is 12.7 Å². The highest BCUT2D eigenvalue weighted by atomic mass is 16.7.